The highest BCUT2D eigenvalue weighted by molar-refractivity contribution is 5.13. The monoisotopic (exact) mass is 226 g/mol. The minimum absolute atomic E-state index is 0.0516. The van der Waals surface area contributed by atoms with Crippen molar-refractivity contribution in [3.63, 3.8) is 0 Å². The molecule has 0 aliphatic rings. The molecule has 1 aromatic carbocycles. The molecule has 1 N–H and O–H groups in total. The third-order valence-corrected chi connectivity index (χ3v) is 2.38. The number of benzene rings is 1. The second-order valence-corrected chi connectivity index (χ2v) is 3.87. The Morgan fingerprint density at radius 3 is 2.62 bits per heavy atom. The van der Waals surface area contributed by atoms with Crippen molar-refractivity contribution in [2.75, 3.05) is 6.61 Å². The van der Waals surface area contributed by atoms with Gasteiger partial charge in [0.25, 0.3) is 0 Å². The van der Waals surface area contributed by atoms with Crippen LogP contribution >= 0.6 is 0 Å². The van der Waals surface area contributed by atoms with Gasteiger partial charge in [-0.15, -0.1) is 0 Å². The van der Waals surface area contributed by atoms with Gasteiger partial charge in [-0.25, -0.2) is 4.39 Å². The van der Waals surface area contributed by atoms with Crippen LogP contribution in [0.2, 0.25) is 0 Å². The SMILES string of the molecule is CCCC(F)C(O)COCc1ccccc1. The maximum absolute atomic E-state index is 13.2. The van der Waals surface area contributed by atoms with Gasteiger partial charge in [0.15, 0.2) is 0 Å². The van der Waals surface area contributed by atoms with Crippen LogP contribution in [0.15, 0.2) is 30.3 Å². The first-order valence-corrected chi connectivity index (χ1v) is 5.67. The maximum atomic E-state index is 13.2. The van der Waals surface area contributed by atoms with E-state index in [4.69, 9.17) is 4.74 Å². The van der Waals surface area contributed by atoms with Crippen molar-refractivity contribution in [2.24, 2.45) is 0 Å². The molecule has 2 unspecified atom stereocenters. The van der Waals surface area contributed by atoms with Gasteiger partial charge in [0.1, 0.15) is 12.3 Å². The fourth-order valence-electron chi connectivity index (χ4n) is 1.44. The molecule has 3 heteroatoms. The van der Waals surface area contributed by atoms with Gasteiger partial charge in [-0.3, -0.25) is 0 Å². The van der Waals surface area contributed by atoms with Crippen molar-refractivity contribution in [3.8, 4) is 0 Å². The molecule has 0 heterocycles. The van der Waals surface area contributed by atoms with E-state index in [-0.39, 0.29) is 6.61 Å². The molecule has 0 saturated carbocycles. The van der Waals surface area contributed by atoms with Gasteiger partial charge in [0.05, 0.1) is 13.2 Å². The Morgan fingerprint density at radius 1 is 1.31 bits per heavy atom. The van der Waals surface area contributed by atoms with E-state index in [2.05, 4.69) is 0 Å². The van der Waals surface area contributed by atoms with Gasteiger partial charge in [-0.05, 0) is 12.0 Å². The smallest absolute Gasteiger partial charge is 0.128 e. The summed E-state index contributed by atoms with van der Waals surface area (Å²) in [6, 6.07) is 9.64. The van der Waals surface area contributed by atoms with Gasteiger partial charge < -0.3 is 9.84 Å². The van der Waals surface area contributed by atoms with Crippen LogP contribution in [0.3, 0.4) is 0 Å². The van der Waals surface area contributed by atoms with Crippen molar-refractivity contribution >= 4 is 0 Å². The minimum atomic E-state index is -1.18. The average molecular weight is 226 g/mol. The van der Waals surface area contributed by atoms with Crippen LogP contribution < -0.4 is 0 Å². The Balaban J connectivity index is 2.20. The Morgan fingerprint density at radius 2 is 2.00 bits per heavy atom. The summed E-state index contributed by atoms with van der Waals surface area (Å²) in [7, 11) is 0. The summed E-state index contributed by atoms with van der Waals surface area (Å²) in [5.41, 5.74) is 1.03. The predicted octanol–water partition coefficient (Wildman–Crippen LogP) is 2.70. The Bertz CT molecular complexity index is 277. The second kappa shape index (κ2) is 7.36. The van der Waals surface area contributed by atoms with Gasteiger partial charge in [0, 0.05) is 0 Å². The van der Waals surface area contributed by atoms with Crippen LogP contribution in [0, 0.1) is 0 Å². The summed E-state index contributed by atoms with van der Waals surface area (Å²) in [6.07, 6.45) is -1.07. The lowest BCUT2D eigenvalue weighted by Gasteiger charge is -2.15. The highest BCUT2D eigenvalue weighted by Gasteiger charge is 2.17. The molecule has 0 amide bonds. The van der Waals surface area contributed by atoms with Crippen LogP contribution in [0.25, 0.3) is 0 Å². The lowest BCUT2D eigenvalue weighted by Crippen LogP contribution is -2.27. The lowest BCUT2D eigenvalue weighted by molar-refractivity contribution is -0.0150. The van der Waals surface area contributed by atoms with Crippen molar-refractivity contribution in [1.82, 2.24) is 0 Å². The third kappa shape index (κ3) is 4.73. The number of hydrogen-bond acceptors (Lipinski definition) is 2. The number of rotatable bonds is 7. The van der Waals surface area contributed by atoms with Crippen molar-refractivity contribution < 1.29 is 14.2 Å². The van der Waals surface area contributed by atoms with Crippen LogP contribution in [0.1, 0.15) is 25.3 Å². The fraction of sp³-hybridized carbons (Fsp3) is 0.538. The van der Waals surface area contributed by atoms with E-state index in [0.29, 0.717) is 13.0 Å². The van der Waals surface area contributed by atoms with Gasteiger partial charge >= 0.3 is 0 Å². The molecule has 0 spiro atoms. The first kappa shape index (κ1) is 13.1. The molecule has 2 atom stereocenters. The highest BCUT2D eigenvalue weighted by Crippen LogP contribution is 2.08. The molecule has 0 fully saturated rings. The summed E-state index contributed by atoms with van der Waals surface area (Å²) in [4.78, 5) is 0. The quantitative estimate of drug-likeness (QED) is 0.774. The number of ether oxygens (including phenoxy) is 1. The highest BCUT2D eigenvalue weighted by atomic mass is 19.1. The topological polar surface area (TPSA) is 29.5 Å². The van der Waals surface area contributed by atoms with Crippen LogP contribution in [0.4, 0.5) is 4.39 Å². The van der Waals surface area contributed by atoms with Crippen LogP contribution in [-0.2, 0) is 11.3 Å². The zero-order valence-electron chi connectivity index (χ0n) is 9.60. The zero-order chi connectivity index (χ0) is 11.8. The van der Waals surface area contributed by atoms with Gasteiger partial charge in [-0.2, -0.15) is 0 Å². The number of alkyl halides is 1. The van der Waals surface area contributed by atoms with Gasteiger partial charge in [0.2, 0.25) is 0 Å². The lowest BCUT2D eigenvalue weighted by atomic mass is 10.1. The molecule has 1 aromatic rings. The molecule has 0 bridgehead atoms. The summed E-state index contributed by atoms with van der Waals surface area (Å²) in [6.45, 7) is 2.36. The Labute approximate surface area is 96.1 Å². The van der Waals surface area contributed by atoms with E-state index in [1.165, 1.54) is 0 Å². The van der Waals surface area contributed by atoms with Gasteiger partial charge in [-0.1, -0.05) is 43.7 Å². The molecule has 1 rings (SSSR count). The molecule has 0 saturated heterocycles. The molecule has 2 nitrogen and oxygen atoms in total. The average Bonchev–Trinajstić information content (AvgIpc) is 2.30. The number of halogens is 1. The summed E-state index contributed by atoms with van der Waals surface area (Å²) in [5, 5.41) is 9.43. The summed E-state index contributed by atoms with van der Waals surface area (Å²) in [5.74, 6) is 0. The number of aliphatic hydroxyl groups excluding tert-OH is 1. The fourth-order valence-corrected chi connectivity index (χ4v) is 1.44. The number of hydrogen-bond donors (Lipinski definition) is 1. The second-order valence-electron chi connectivity index (χ2n) is 3.87. The first-order valence-electron chi connectivity index (χ1n) is 5.67. The molecular formula is C13H19FO2. The van der Waals surface area contributed by atoms with Crippen molar-refractivity contribution in [1.29, 1.82) is 0 Å². The van der Waals surface area contributed by atoms with E-state index in [1.54, 1.807) is 0 Å². The maximum Gasteiger partial charge on any atom is 0.128 e. The molecule has 16 heavy (non-hydrogen) atoms. The molecule has 0 aliphatic heterocycles. The standard InChI is InChI=1S/C13H19FO2/c1-2-6-12(14)13(15)10-16-9-11-7-4-3-5-8-11/h3-5,7-8,12-13,15H,2,6,9-10H2,1H3. The van der Waals surface area contributed by atoms with E-state index in [9.17, 15) is 9.50 Å². The first-order chi connectivity index (χ1) is 7.74. The summed E-state index contributed by atoms with van der Waals surface area (Å²) < 4.78 is 18.5. The van der Waals surface area contributed by atoms with E-state index in [0.717, 1.165) is 12.0 Å². The van der Waals surface area contributed by atoms with Crippen molar-refractivity contribution in [2.45, 2.75) is 38.6 Å². The summed E-state index contributed by atoms with van der Waals surface area (Å²) >= 11 is 0. The third-order valence-electron chi connectivity index (χ3n) is 2.38. The predicted molar refractivity (Wildman–Crippen MR) is 61.9 cm³/mol. The van der Waals surface area contributed by atoms with E-state index < -0.39 is 12.3 Å². The Hall–Kier alpha value is -0.930. The Kier molecular flexibility index (Phi) is 6.04. The molecule has 90 valence electrons. The molecular weight excluding hydrogens is 207 g/mol. The normalized spacial score (nSPS) is 14.7. The minimum Gasteiger partial charge on any atom is -0.388 e. The van der Waals surface area contributed by atoms with Crippen LogP contribution in [0.5, 0.6) is 0 Å². The number of aliphatic hydroxyl groups is 1. The van der Waals surface area contributed by atoms with E-state index in [1.807, 2.05) is 37.3 Å². The largest absolute Gasteiger partial charge is 0.388 e. The zero-order valence-corrected chi connectivity index (χ0v) is 9.60. The molecule has 0 aliphatic carbocycles. The van der Waals surface area contributed by atoms with Crippen molar-refractivity contribution in [3.05, 3.63) is 35.9 Å². The van der Waals surface area contributed by atoms with Crippen LogP contribution in [-0.4, -0.2) is 24.0 Å². The molecule has 0 radical (unpaired) electrons. The molecule has 0 aromatic heterocycles. The van der Waals surface area contributed by atoms with E-state index >= 15 is 0 Å².